The van der Waals surface area contributed by atoms with E-state index in [4.69, 9.17) is 0 Å². The molecular formula is C14H29ClN2. The number of likely N-dealkylation sites (N-methyl/N-ethyl adjacent to an activating group) is 1. The van der Waals surface area contributed by atoms with Gasteiger partial charge >= 0.3 is 0 Å². The Morgan fingerprint density at radius 1 is 1.24 bits per heavy atom. The number of likely N-dealkylation sites (tertiary alicyclic amines) is 1. The molecule has 0 aromatic heterocycles. The van der Waals surface area contributed by atoms with E-state index in [2.05, 4.69) is 24.2 Å². The number of nitrogens with one attached hydrogen (secondary N) is 1. The second-order valence-electron chi connectivity index (χ2n) is 6.00. The average molecular weight is 261 g/mol. The average Bonchev–Trinajstić information content (AvgIpc) is 2.74. The summed E-state index contributed by atoms with van der Waals surface area (Å²) in [5, 5.41) is 3.40. The first-order valence-corrected chi connectivity index (χ1v) is 7.17. The van der Waals surface area contributed by atoms with E-state index in [-0.39, 0.29) is 12.4 Å². The highest BCUT2D eigenvalue weighted by Gasteiger charge is 2.23. The maximum atomic E-state index is 3.40. The van der Waals surface area contributed by atoms with Crippen LogP contribution in [-0.4, -0.2) is 37.6 Å². The fraction of sp³-hybridized carbons (Fsp3) is 1.00. The second kappa shape index (κ2) is 7.60. The maximum Gasteiger partial charge on any atom is 0.0204 e. The summed E-state index contributed by atoms with van der Waals surface area (Å²) in [6, 6.07) is 0.755. The minimum atomic E-state index is 0. The molecule has 0 aromatic rings. The molecule has 3 heteroatoms. The molecule has 102 valence electrons. The van der Waals surface area contributed by atoms with Crippen LogP contribution in [0.3, 0.4) is 0 Å². The molecule has 1 N–H and O–H groups in total. The van der Waals surface area contributed by atoms with Gasteiger partial charge in [-0.15, -0.1) is 12.4 Å². The summed E-state index contributed by atoms with van der Waals surface area (Å²) < 4.78 is 0. The number of hydrogen-bond acceptors (Lipinski definition) is 2. The van der Waals surface area contributed by atoms with Crippen molar-refractivity contribution in [1.82, 2.24) is 10.2 Å². The van der Waals surface area contributed by atoms with Crippen LogP contribution in [0.4, 0.5) is 0 Å². The fourth-order valence-electron chi connectivity index (χ4n) is 3.46. The molecule has 0 aromatic carbocycles. The lowest BCUT2D eigenvalue weighted by molar-refractivity contribution is 0.230. The second-order valence-corrected chi connectivity index (χ2v) is 6.00. The molecule has 1 saturated heterocycles. The Labute approximate surface area is 113 Å². The van der Waals surface area contributed by atoms with Crippen LogP contribution < -0.4 is 5.32 Å². The number of hydrogen-bond donors (Lipinski definition) is 1. The van der Waals surface area contributed by atoms with E-state index < -0.39 is 0 Å². The van der Waals surface area contributed by atoms with Crippen LogP contribution in [0.25, 0.3) is 0 Å². The molecular weight excluding hydrogens is 232 g/mol. The van der Waals surface area contributed by atoms with Crippen molar-refractivity contribution < 1.29 is 0 Å². The lowest BCUT2D eigenvalue weighted by atomic mass is 9.81. The molecule has 1 aliphatic carbocycles. The summed E-state index contributed by atoms with van der Waals surface area (Å²) in [4.78, 5) is 2.65. The molecule has 1 heterocycles. The predicted molar refractivity (Wildman–Crippen MR) is 76.9 cm³/mol. The minimum Gasteiger partial charge on any atom is -0.316 e. The normalized spacial score (nSPS) is 34.6. The van der Waals surface area contributed by atoms with Gasteiger partial charge in [0, 0.05) is 12.6 Å². The van der Waals surface area contributed by atoms with Crippen LogP contribution in [-0.2, 0) is 0 Å². The molecule has 2 nitrogen and oxygen atoms in total. The molecule has 1 saturated carbocycles. The van der Waals surface area contributed by atoms with Gasteiger partial charge in [-0.25, -0.2) is 0 Å². The van der Waals surface area contributed by atoms with E-state index in [0.717, 1.165) is 17.9 Å². The van der Waals surface area contributed by atoms with Crippen LogP contribution >= 0.6 is 12.4 Å². The fourth-order valence-corrected chi connectivity index (χ4v) is 3.46. The third-order valence-corrected chi connectivity index (χ3v) is 4.58. The van der Waals surface area contributed by atoms with Crippen LogP contribution in [0, 0.1) is 11.8 Å². The lowest BCUT2D eigenvalue weighted by Gasteiger charge is -2.28. The number of nitrogens with zero attached hydrogens (tertiary/aromatic N) is 1. The van der Waals surface area contributed by atoms with Gasteiger partial charge in [-0.2, -0.15) is 0 Å². The molecule has 0 bridgehead atoms. The van der Waals surface area contributed by atoms with Gasteiger partial charge in [0.1, 0.15) is 0 Å². The van der Waals surface area contributed by atoms with E-state index in [0.29, 0.717) is 0 Å². The van der Waals surface area contributed by atoms with Crippen LogP contribution in [0.1, 0.15) is 45.4 Å². The highest BCUT2D eigenvalue weighted by Crippen LogP contribution is 2.30. The smallest absolute Gasteiger partial charge is 0.0204 e. The zero-order valence-corrected chi connectivity index (χ0v) is 12.3. The first-order chi connectivity index (χ1) is 7.78. The molecule has 0 radical (unpaired) electrons. The molecule has 1 aliphatic heterocycles. The van der Waals surface area contributed by atoms with E-state index in [9.17, 15) is 0 Å². The summed E-state index contributed by atoms with van der Waals surface area (Å²) >= 11 is 0. The van der Waals surface area contributed by atoms with Crippen molar-refractivity contribution in [1.29, 1.82) is 0 Å². The van der Waals surface area contributed by atoms with E-state index >= 15 is 0 Å². The summed E-state index contributed by atoms with van der Waals surface area (Å²) in [5.41, 5.74) is 0. The summed E-state index contributed by atoms with van der Waals surface area (Å²) in [7, 11) is 2.09. The Hall–Kier alpha value is 0.210. The molecule has 3 unspecified atom stereocenters. The van der Waals surface area contributed by atoms with E-state index in [1.807, 2.05) is 0 Å². The Morgan fingerprint density at radius 3 is 2.71 bits per heavy atom. The Kier molecular flexibility index (Phi) is 6.83. The first kappa shape index (κ1) is 15.3. The predicted octanol–water partition coefficient (Wildman–Crippen LogP) is 2.92. The van der Waals surface area contributed by atoms with Gasteiger partial charge in [-0.05, 0) is 51.2 Å². The summed E-state index contributed by atoms with van der Waals surface area (Å²) in [6.45, 7) is 6.36. The van der Waals surface area contributed by atoms with Gasteiger partial charge in [0.15, 0.2) is 0 Å². The van der Waals surface area contributed by atoms with Crippen LogP contribution in [0.15, 0.2) is 0 Å². The molecule has 2 rings (SSSR count). The third kappa shape index (κ3) is 4.76. The standard InChI is InChI=1S/C14H28N2.ClH/c1-12-4-3-5-13(10-12)6-8-16-9-7-14(11-16)15-2;/h12-15H,3-11H2,1-2H3;1H. The molecule has 0 amide bonds. The van der Waals surface area contributed by atoms with Crippen molar-refractivity contribution in [2.45, 2.75) is 51.5 Å². The molecule has 2 fully saturated rings. The van der Waals surface area contributed by atoms with Gasteiger partial charge in [-0.1, -0.05) is 26.2 Å². The van der Waals surface area contributed by atoms with Crippen molar-refractivity contribution in [3.63, 3.8) is 0 Å². The topological polar surface area (TPSA) is 15.3 Å². The Balaban J connectivity index is 0.00000144. The van der Waals surface area contributed by atoms with E-state index in [1.165, 1.54) is 58.2 Å². The number of rotatable bonds is 4. The summed E-state index contributed by atoms with van der Waals surface area (Å²) in [6.07, 6.45) is 8.72. The first-order valence-electron chi connectivity index (χ1n) is 7.17. The van der Waals surface area contributed by atoms with Crippen LogP contribution in [0.2, 0.25) is 0 Å². The maximum absolute atomic E-state index is 3.40. The van der Waals surface area contributed by atoms with Crippen molar-refractivity contribution in [2.24, 2.45) is 11.8 Å². The zero-order chi connectivity index (χ0) is 11.4. The van der Waals surface area contributed by atoms with Gasteiger partial charge in [0.25, 0.3) is 0 Å². The number of halogens is 1. The van der Waals surface area contributed by atoms with Crippen molar-refractivity contribution in [2.75, 3.05) is 26.7 Å². The zero-order valence-electron chi connectivity index (χ0n) is 11.5. The third-order valence-electron chi connectivity index (χ3n) is 4.58. The van der Waals surface area contributed by atoms with Gasteiger partial charge in [-0.3, -0.25) is 0 Å². The van der Waals surface area contributed by atoms with Crippen molar-refractivity contribution in [3.8, 4) is 0 Å². The van der Waals surface area contributed by atoms with Crippen molar-refractivity contribution >= 4 is 12.4 Å². The van der Waals surface area contributed by atoms with Gasteiger partial charge in [0.2, 0.25) is 0 Å². The van der Waals surface area contributed by atoms with Gasteiger partial charge in [0.05, 0.1) is 0 Å². The highest BCUT2D eigenvalue weighted by molar-refractivity contribution is 5.85. The Bertz CT molecular complexity index is 210. The van der Waals surface area contributed by atoms with Crippen LogP contribution in [0.5, 0.6) is 0 Å². The monoisotopic (exact) mass is 260 g/mol. The SMILES string of the molecule is CNC1CCN(CCC2CCCC(C)C2)C1.Cl. The van der Waals surface area contributed by atoms with E-state index in [1.54, 1.807) is 0 Å². The quantitative estimate of drug-likeness (QED) is 0.836. The minimum absolute atomic E-state index is 0. The molecule has 0 spiro atoms. The van der Waals surface area contributed by atoms with Gasteiger partial charge < -0.3 is 10.2 Å². The molecule has 2 aliphatic rings. The highest BCUT2D eigenvalue weighted by atomic mass is 35.5. The molecule has 3 atom stereocenters. The Morgan fingerprint density at radius 2 is 2.06 bits per heavy atom. The lowest BCUT2D eigenvalue weighted by Crippen LogP contribution is -2.31. The largest absolute Gasteiger partial charge is 0.316 e. The molecule has 17 heavy (non-hydrogen) atoms. The van der Waals surface area contributed by atoms with Crippen molar-refractivity contribution in [3.05, 3.63) is 0 Å². The summed E-state index contributed by atoms with van der Waals surface area (Å²) in [5.74, 6) is 2.01.